The molecule has 2 heterocycles. The first kappa shape index (κ1) is 16.9. The molecule has 1 aromatic carbocycles. The number of nitrogens with two attached hydrogens (primary N) is 1. The van der Waals surface area contributed by atoms with E-state index in [1.807, 2.05) is 36.5 Å². The van der Waals surface area contributed by atoms with Gasteiger partial charge in [0.05, 0.1) is 17.6 Å². The van der Waals surface area contributed by atoms with Crippen molar-refractivity contribution in [2.45, 2.75) is 38.3 Å². The Kier molecular flexibility index (Phi) is 6.36. The number of nitrogens with zero attached hydrogens (tertiary/aromatic N) is 4. The summed E-state index contributed by atoms with van der Waals surface area (Å²) in [6.07, 6.45) is 6.80. The molecule has 5 nitrogen and oxygen atoms in total. The van der Waals surface area contributed by atoms with Crippen LogP contribution in [0.4, 0.5) is 0 Å². The van der Waals surface area contributed by atoms with E-state index in [-0.39, 0.29) is 12.4 Å². The van der Waals surface area contributed by atoms with E-state index in [0.717, 1.165) is 37.4 Å². The van der Waals surface area contributed by atoms with Crippen LogP contribution in [0.3, 0.4) is 0 Å². The van der Waals surface area contributed by atoms with Crippen LogP contribution in [0.25, 0.3) is 5.69 Å². The minimum absolute atomic E-state index is 0. The van der Waals surface area contributed by atoms with Gasteiger partial charge in [0.25, 0.3) is 0 Å². The van der Waals surface area contributed by atoms with Crippen LogP contribution in [0, 0.1) is 0 Å². The second-order valence-electron chi connectivity index (χ2n) is 5.66. The first-order chi connectivity index (χ1) is 10.4. The second kappa shape index (κ2) is 8.27. The van der Waals surface area contributed by atoms with Crippen molar-refractivity contribution in [2.75, 3.05) is 13.1 Å². The van der Waals surface area contributed by atoms with Crippen LogP contribution in [-0.2, 0) is 6.54 Å². The van der Waals surface area contributed by atoms with Crippen LogP contribution in [0.2, 0.25) is 0 Å². The van der Waals surface area contributed by atoms with E-state index < -0.39 is 0 Å². The van der Waals surface area contributed by atoms with Crippen LogP contribution in [0.15, 0.2) is 36.5 Å². The number of likely N-dealkylation sites (tertiary alicyclic amines) is 1. The summed E-state index contributed by atoms with van der Waals surface area (Å²) in [5.41, 5.74) is 7.77. The number of hydrogen-bond donors (Lipinski definition) is 1. The summed E-state index contributed by atoms with van der Waals surface area (Å²) in [7, 11) is 0. The molecular weight excluding hydrogens is 298 g/mol. The highest BCUT2D eigenvalue weighted by Gasteiger charge is 2.22. The predicted octanol–water partition coefficient (Wildman–Crippen LogP) is 2.39. The van der Waals surface area contributed by atoms with Crippen molar-refractivity contribution >= 4 is 12.4 Å². The van der Waals surface area contributed by atoms with Gasteiger partial charge in [-0.2, -0.15) is 15.0 Å². The Morgan fingerprint density at radius 2 is 2.00 bits per heavy atom. The molecule has 1 saturated heterocycles. The van der Waals surface area contributed by atoms with Gasteiger partial charge < -0.3 is 5.73 Å². The minimum atomic E-state index is 0. The number of piperidine rings is 1. The number of para-hydroxylation sites is 1. The van der Waals surface area contributed by atoms with Crippen molar-refractivity contribution < 1.29 is 0 Å². The molecule has 2 N–H and O–H groups in total. The fourth-order valence-corrected chi connectivity index (χ4v) is 3.05. The molecule has 0 amide bonds. The average molecular weight is 322 g/mol. The summed E-state index contributed by atoms with van der Waals surface area (Å²) in [5.74, 6) is 0. The monoisotopic (exact) mass is 321 g/mol. The molecule has 0 saturated carbocycles. The van der Waals surface area contributed by atoms with Crippen molar-refractivity contribution in [3.05, 3.63) is 42.2 Å². The molecule has 0 radical (unpaired) electrons. The maximum Gasteiger partial charge on any atom is 0.0971 e. The van der Waals surface area contributed by atoms with Gasteiger partial charge in [-0.1, -0.05) is 24.6 Å². The molecule has 0 bridgehead atoms. The molecule has 1 aromatic heterocycles. The van der Waals surface area contributed by atoms with E-state index in [1.165, 1.54) is 19.3 Å². The van der Waals surface area contributed by atoms with Gasteiger partial charge in [0, 0.05) is 12.6 Å². The molecule has 1 aliphatic heterocycles. The van der Waals surface area contributed by atoms with Gasteiger partial charge in [0.2, 0.25) is 0 Å². The lowest BCUT2D eigenvalue weighted by Gasteiger charge is -2.35. The second-order valence-corrected chi connectivity index (χ2v) is 5.66. The fourth-order valence-electron chi connectivity index (χ4n) is 3.05. The lowest BCUT2D eigenvalue weighted by Crippen LogP contribution is -2.40. The normalized spacial score (nSPS) is 18.9. The molecule has 3 rings (SSSR count). The zero-order valence-corrected chi connectivity index (χ0v) is 13.6. The summed E-state index contributed by atoms with van der Waals surface area (Å²) in [6, 6.07) is 10.6. The van der Waals surface area contributed by atoms with Crippen molar-refractivity contribution in [3.8, 4) is 5.69 Å². The Balaban J connectivity index is 0.00000176. The van der Waals surface area contributed by atoms with E-state index in [4.69, 9.17) is 5.73 Å². The predicted molar refractivity (Wildman–Crippen MR) is 90.3 cm³/mol. The molecule has 1 aliphatic rings. The van der Waals surface area contributed by atoms with Gasteiger partial charge >= 0.3 is 0 Å². The molecule has 0 spiro atoms. The Bertz CT molecular complexity index is 555. The molecule has 0 aliphatic carbocycles. The molecule has 22 heavy (non-hydrogen) atoms. The van der Waals surface area contributed by atoms with Crippen molar-refractivity contribution in [1.82, 2.24) is 19.9 Å². The highest BCUT2D eigenvalue weighted by Crippen LogP contribution is 2.21. The highest BCUT2D eigenvalue weighted by atomic mass is 35.5. The molecule has 1 unspecified atom stereocenters. The topological polar surface area (TPSA) is 60.0 Å². The molecule has 2 aromatic rings. The Labute approximate surface area is 137 Å². The largest absolute Gasteiger partial charge is 0.330 e. The van der Waals surface area contributed by atoms with Gasteiger partial charge in [-0.25, -0.2) is 0 Å². The zero-order chi connectivity index (χ0) is 14.5. The van der Waals surface area contributed by atoms with E-state index in [9.17, 15) is 0 Å². The van der Waals surface area contributed by atoms with Crippen LogP contribution in [-0.4, -0.2) is 39.0 Å². The summed E-state index contributed by atoms with van der Waals surface area (Å²) >= 11 is 0. The van der Waals surface area contributed by atoms with E-state index in [0.29, 0.717) is 6.04 Å². The lowest BCUT2D eigenvalue weighted by molar-refractivity contribution is 0.132. The van der Waals surface area contributed by atoms with Crippen LogP contribution in [0.5, 0.6) is 0 Å². The quantitative estimate of drug-likeness (QED) is 0.918. The van der Waals surface area contributed by atoms with Crippen LogP contribution < -0.4 is 5.73 Å². The van der Waals surface area contributed by atoms with Crippen LogP contribution in [0.1, 0.15) is 31.4 Å². The number of halogens is 1. The molecule has 120 valence electrons. The SMILES string of the molecule is Cl.NCCC1CCCCN1Cc1cnn(-c2ccccc2)n1. The molecule has 1 atom stereocenters. The standard InChI is InChI=1S/C16H23N5.ClH/c17-10-9-15-6-4-5-11-20(15)13-14-12-18-21(19-14)16-7-2-1-3-8-16;/h1-3,7-8,12,15H,4-6,9-11,13,17H2;1H. The van der Waals surface area contributed by atoms with Gasteiger partial charge in [-0.15, -0.1) is 12.4 Å². The summed E-state index contributed by atoms with van der Waals surface area (Å²) in [5, 5.41) is 8.98. The zero-order valence-electron chi connectivity index (χ0n) is 12.8. The fraction of sp³-hybridized carbons (Fsp3) is 0.500. The van der Waals surface area contributed by atoms with Crippen molar-refractivity contribution in [1.29, 1.82) is 0 Å². The summed E-state index contributed by atoms with van der Waals surface area (Å²) < 4.78 is 0. The number of rotatable bonds is 5. The Hall–Kier alpha value is -1.43. The van der Waals surface area contributed by atoms with Crippen LogP contribution >= 0.6 is 12.4 Å². The van der Waals surface area contributed by atoms with Gasteiger partial charge in [-0.05, 0) is 44.5 Å². The summed E-state index contributed by atoms with van der Waals surface area (Å²) in [6.45, 7) is 2.78. The van der Waals surface area contributed by atoms with E-state index in [1.54, 1.807) is 4.80 Å². The van der Waals surface area contributed by atoms with Gasteiger partial charge in [-0.3, -0.25) is 4.90 Å². The molecule has 1 fully saturated rings. The maximum absolute atomic E-state index is 5.74. The van der Waals surface area contributed by atoms with E-state index in [2.05, 4.69) is 15.1 Å². The minimum Gasteiger partial charge on any atom is -0.330 e. The lowest BCUT2D eigenvalue weighted by atomic mass is 9.99. The average Bonchev–Trinajstić information content (AvgIpc) is 2.99. The third-order valence-electron chi connectivity index (χ3n) is 4.14. The third kappa shape index (κ3) is 4.06. The number of aromatic nitrogens is 3. The molecular formula is C16H24ClN5. The maximum atomic E-state index is 5.74. The first-order valence-electron chi connectivity index (χ1n) is 7.77. The molecule has 6 heteroatoms. The van der Waals surface area contributed by atoms with Gasteiger partial charge in [0.15, 0.2) is 0 Å². The summed E-state index contributed by atoms with van der Waals surface area (Å²) in [4.78, 5) is 4.22. The Morgan fingerprint density at radius 1 is 1.18 bits per heavy atom. The smallest absolute Gasteiger partial charge is 0.0971 e. The van der Waals surface area contributed by atoms with E-state index >= 15 is 0 Å². The van der Waals surface area contributed by atoms with Crippen molar-refractivity contribution in [3.63, 3.8) is 0 Å². The Morgan fingerprint density at radius 3 is 2.77 bits per heavy atom. The third-order valence-corrected chi connectivity index (χ3v) is 4.14. The van der Waals surface area contributed by atoms with Crippen molar-refractivity contribution in [2.24, 2.45) is 5.73 Å². The number of hydrogen-bond acceptors (Lipinski definition) is 4. The number of benzene rings is 1. The van der Waals surface area contributed by atoms with Gasteiger partial charge in [0.1, 0.15) is 0 Å². The highest BCUT2D eigenvalue weighted by molar-refractivity contribution is 5.85. The first-order valence-corrected chi connectivity index (χ1v) is 7.77.